The van der Waals surface area contributed by atoms with Gasteiger partial charge >= 0.3 is 0 Å². The number of aromatic nitrogens is 4. The molecule has 1 N–H and O–H groups in total. The third-order valence-electron chi connectivity index (χ3n) is 4.52. The van der Waals surface area contributed by atoms with Crippen LogP contribution in [0.3, 0.4) is 0 Å². The molecule has 0 bridgehead atoms. The Bertz CT molecular complexity index is 710. The van der Waals surface area contributed by atoms with E-state index in [1.54, 1.807) is 16.8 Å². The molecule has 1 aromatic carbocycles. The molecule has 0 atom stereocenters. The van der Waals surface area contributed by atoms with Crippen molar-refractivity contribution in [2.75, 3.05) is 12.1 Å². The molecule has 1 saturated carbocycles. The van der Waals surface area contributed by atoms with Gasteiger partial charge in [-0.3, -0.25) is 4.79 Å². The van der Waals surface area contributed by atoms with E-state index >= 15 is 0 Å². The number of carbonyl (C=O) groups excluding carboxylic acids is 1. The van der Waals surface area contributed by atoms with Crippen molar-refractivity contribution in [2.24, 2.45) is 0 Å². The molecule has 2 aromatic rings. The number of hydrogen-bond acceptors (Lipinski definition) is 6. The van der Waals surface area contributed by atoms with Gasteiger partial charge in [-0.15, -0.1) is 5.10 Å². The van der Waals surface area contributed by atoms with Crippen molar-refractivity contribution in [3.8, 4) is 11.5 Å². The zero-order chi connectivity index (χ0) is 15.7. The molecular weight excluding hydrogens is 298 g/mol. The predicted octanol–water partition coefficient (Wildman–Crippen LogP) is 1.70. The highest BCUT2D eigenvalue weighted by molar-refractivity contribution is 5.97. The lowest BCUT2D eigenvalue weighted by molar-refractivity contribution is -0.126. The highest BCUT2D eigenvalue weighted by atomic mass is 16.7. The molecule has 4 rings (SSSR count). The summed E-state index contributed by atoms with van der Waals surface area (Å²) in [5.74, 6) is 1.24. The number of nitrogens with one attached hydrogen (secondary N) is 1. The monoisotopic (exact) mass is 315 g/mol. The van der Waals surface area contributed by atoms with Gasteiger partial charge in [-0.25, -0.2) is 4.68 Å². The fourth-order valence-corrected chi connectivity index (χ4v) is 3.28. The summed E-state index contributed by atoms with van der Waals surface area (Å²) in [4.78, 5) is 13.0. The van der Waals surface area contributed by atoms with Crippen molar-refractivity contribution in [2.45, 2.75) is 37.6 Å². The highest BCUT2D eigenvalue weighted by Gasteiger charge is 2.42. The van der Waals surface area contributed by atoms with E-state index in [0.717, 1.165) is 32.1 Å². The minimum absolute atomic E-state index is 0.0941. The topological polar surface area (TPSA) is 91.2 Å². The first kappa shape index (κ1) is 14.0. The number of carbonyl (C=O) groups is 1. The molecule has 1 amide bonds. The zero-order valence-electron chi connectivity index (χ0n) is 12.6. The Kier molecular flexibility index (Phi) is 3.36. The van der Waals surface area contributed by atoms with E-state index in [1.807, 2.05) is 6.07 Å². The molecule has 0 spiro atoms. The van der Waals surface area contributed by atoms with Crippen molar-refractivity contribution < 1.29 is 14.3 Å². The summed E-state index contributed by atoms with van der Waals surface area (Å²) in [6.07, 6.45) is 6.07. The van der Waals surface area contributed by atoms with Crippen LogP contribution in [0.4, 0.5) is 5.69 Å². The fourth-order valence-electron chi connectivity index (χ4n) is 3.28. The molecule has 0 saturated heterocycles. The molecule has 23 heavy (non-hydrogen) atoms. The molecule has 2 heterocycles. The molecule has 0 unspecified atom stereocenters. The first-order valence-corrected chi connectivity index (χ1v) is 7.72. The van der Waals surface area contributed by atoms with Gasteiger partial charge in [0.05, 0.1) is 0 Å². The third-order valence-corrected chi connectivity index (χ3v) is 4.52. The van der Waals surface area contributed by atoms with Crippen molar-refractivity contribution in [1.29, 1.82) is 0 Å². The zero-order valence-corrected chi connectivity index (χ0v) is 12.6. The summed E-state index contributed by atoms with van der Waals surface area (Å²) in [6.45, 7) is 0.210. The number of anilines is 1. The molecule has 1 aliphatic carbocycles. The Morgan fingerprint density at radius 3 is 2.78 bits per heavy atom. The molecule has 8 nitrogen and oxygen atoms in total. The van der Waals surface area contributed by atoms with Crippen LogP contribution in [-0.4, -0.2) is 32.9 Å². The van der Waals surface area contributed by atoms with Crippen LogP contribution >= 0.6 is 0 Å². The fraction of sp³-hybridized carbons (Fsp3) is 0.467. The Morgan fingerprint density at radius 1 is 1.17 bits per heavy atom. The van der Waals surface area contributed by atoms with Gasteiger partial charge in [0, 0.05) is 11.8 Å². The second kappa shape index (κ2) is 5.53. The van der Waals surface area contributed by atoms with E-state index in [-0.39, 0.29) is 12.7 Å². The van der Waals surface area contributed by atoms with Crippen LogP contribution < -0.4 is 14.8 Å². The first-order chi connectivity index (χ1) is 11.3. The van der Waals surface area contributed by atoms with Crippen LogP contribution in [0.2, 0.25) is 0 Å². The summed E-state index contributed by atoms with van der Waals surface area (Å²) in [6, 6.07) is 5.38. The third kappa shape index (κ3) is 2.39. The molecule has 1 fully saturated rings. The molecule has 120 valence electrons. The summed E-state index contributed by atoms with van der Waals surface area (Å²) in [5.41, 5.74) is -0.0461. The minimum Gasteiger partial charge on any atom is -0.454 e. The molecule has 0 radical (unpaired) electrons. The van der Waals surface area contributed by atoms with Gasteiger partial charge in [-0.05, 0) is 35.4 Å². The Morgan fingerprint density at radius 2 is 2.00 bits per heavy atom. The van der Waals surface area contributed by atoms with Crippen LogP contribution in [0.15, 0.2) is 24.5 Å². The molecule has 1 aromatic heterocycles. The normalized spacial score (nSPS) is 18.6. The number of fused-ring (bicyclic) bond motifs is 1. The van der Waals surface area contributed by atoms with Crippen LogP contribution in [0, 0.1) is 0 Å². The lowest BCUT2D eigenvalue weighted by Crippen LogP contribution is -2.47. The second-order valence-electron chi connectivity index (χ2n) is 5.87. The second-order valence-corrected chi connectivity index (χ2v) is 5.87. The number of tetrazole rings is 1. The van der Waals surface area contributed by atoms with Gasteiger partial charge in [-0.2, -0.15) is 0 Å². The largest absolute Gasteiger partial charge is 0.454 e. The smallest absolute Gasteiger partial charge is 0.252 e. The number of nitrogens with zero attached hydrogens (tertiary/aromatic N) is 4. The van der Waals surface area contributed by atoms with E-state index in [4.69, 9.17) is 9.47 Å². The summed E-state index contributed by atoms with van der Waals surface area (Å²) in [5, 5.41) is 14.4. The summed E-state index contributed by atoms with van der Waals surface area (Å²) in [7, 11) is 0. The maximum Gasteiger partial charge on any atom is 0.252 e. The quantitative estimate of drug-likeness (QED) is 0.927. The number of rotatable bonds is 3. The maximum atomic E-state index is 13.0. The Hall–Kier alpha value is -2.64. The van der Waals surface area contributed by atoms with Gasteiger partial charge in [0.1, 0.15) is 11.9 Å². The van der Waals surface area contributed by atoms with Gasteiger partial charge in [0.25, 0.3) is 5.91 Å². The van der Waals surface area contributed by atoms with E-state index in [0.29, 0.717) is 17.2 Å². The number of benzene rings is 1. The SMILES string of the molecule is O=C(Nc1ccc2c(c1)OCO2)C1(n2cnnn2)CCCCC1. The average Bonchev–Trinajstić information content (AvgIpc) is 3.27. The summed E-state index contributed by atoms with van der Waals surface area (Å²) >= 11 is 0. The Balaban J connectivity index is 1.61. The number of hydrogen-bond donors (Lipinski definition) is 1. The number of amides is 1. The van der Waals surface area contributed by atoms with E-state index in [2.05, 4.69) is 20.8 Å². The molecule has 2 aliphatic rings. The standard InChI is InChI=1S/C15H17N5O3/c21-14(17-11-4-5-12-13(8-11)23-10-22-12)15(6-2-1-3-7-15)20-9-16-18-19-20/h4-5,8-9H,1-3,6-7,10H2,(H,17,21). The predicted molar refractivity (Wildman–Crippen MR) is 80.1 cm³/mol. The van der Waals surface area contributed by atoms with Gasteiger partial charge in [0.2, 0.25) is 6.79 Å². The molecule has 8 heteroatoms. The minimum atomic E-state index is -0.724. The van der Waals surface area contributed by atoms with Gasteiger partial charge in [-0.1, -0.05) is 19.3 Å². The van der Waals surface area contributed by atoms with Gasteiger partial charge < -0.3 is 14.8 Å². The highest BCUT2D eigenvalue weighted by Crippen LogP contribution is 2.37. The average molecular weight is 315 g/mol. The maximum absolute atomic E-state index is 13.0. The first-order valence-electron chi connectivity index (χ1n) is 7.72. The lowest BCUT2D eigenvalue weighted by Gasteiger charge is -2.35. The van der Waals surface area contributed by atoms with Gasteiger partial charge in [0.15, 0.2) is 11.5 Å². The summed E-state index contributed by atoms with van der Waals surface area (Å²) < 4.78 is 12.2. The van der Waals surface area contributed by atoms with E-state index < -0.39 is 5.54 Å². The van der Waals surface area contributed by atoms with Crippen LogP contribution in [0.25, 0.3) is 0 Å². The van der Waals surface area contributed by atoms with Crippen LogP contribution in [-0.2, 0) is 10.3 Å². The van der Waals surface area contributed by atoms with Crippen molar-refractivity contribution in [3.63, 3.8) is 0 Å². The van der Waals surface area contributed by atoms with E-state index in [1.165, 1.54) is 6.33 Å². The Labute approximate surface area is 132 Å². The van der Waals surface area contributed by atoms with Crippen molar-refractivity contribution >= 4 is 11.6 Å². The molecular formula is C15H17N5O3. The van der Waals surface area contributed by atoms with Crippen LogP contribution in [0.5, 0.6) is 11.5 Å². The lowest BCUT2D eigenvalue weighted by atomic mass is 9.81. The van der Waals surface area contributed by atoms with Crippen molar-refractivity contribution in [1.82, 2.24) is 20.2 Å². The van der Waals surface area contributed by atoms with E-state index in [9.17, 15) is 4.79 Å². The van der Waals surface area contributed by atoms with Crippen molar-refractivity contribution in [3.05, 3.63) is 24.5 Å². The number of ether oxygens (including phenoxy) is 2. The molecule has 1 aliphatic heterocycles. The van der Waals surface area contributed by atoms with Crippen LogP contribution in [0.1, 0.15) is 32.1 Å².